The zero-order valence-corrected chi connectivity index (χ0v) is 16.8. The second-order valence-corrected chi connectivity index (χ2v) is 6.88. The predicted molar refractivity (Wildman–Crippen MR) is 81.4 cm³/mol. The number of hydrogen-bond donors (Lipinski definition) is 0. The fourth-order valence-electron chi connectivity index (χ4n) is 1.56. The minimum Gasteiger partial charge on any atom is -0.343 e. The number of hydrogen-bond acceptors (Lipinski definition) is 2. The molecule has 0 spiro atoms. The van der Waals surface area contributed by atoms with Crippen LogP contribution < -0.4 is 0 Å². The van der Waals surface area contributed by atoms with E-state index in [1.165, 1.54) is 0 Å². The van der Waals surface area contributed by atoms with Gasteiger partial charge in [0.2, 0.25) is 0 Å². The maximum Gasteiger partial charge on any atom is 0.111 e. The van der Waals surface area contributed by atoms with Crippen molar-refractivity contribution >= 4 is 5.78 Å². The number of azide groups is 1. The van der Waals surface area contributed by atoms with E-state index in [1.54, 1.807) is 0 Å². The van der Waals surface area contributed by atoms with Crippen LogP contribution in [0.4, 0.5) is 0 Å². The molecule has 0 saturated carbocycles. The van der Waals surface area contributed by atoms with Crippen molar-refractivity contribution in [1.82, 2.24) is 0 Å². The molecule has 4 nitrogen and oxygen atoms in total. The fourth-order valence-corrected chi connectivity index (χ4v) is 1.56. The van der Waals surface area contributed by atoms with Crippen molar-refractivity contribution in [3.05, 3.63) is 24.3 Å². The zero-order valence-electron chi connectivity index (χ0n) is 13.9. The van der Waals surface area contributed by atoms with Gasteiger partial charge in [-0.1, -0.05) is 53.1 Å². The average molecular weight is 356 g/mol. The van der Waals surface area contributed by atoms with Crippen LogP contribution in [-0.2, 0) is 37.5 Å². The summed E-state index contributed by atoms with van der Waals surface area (Å²) in [6.07, 6.45) is 1.55. The normalized spacial score (nSPS) is 12.2. The molecule has 0 saturated heterocycles. The van der Waals surface area contributed by atoms with Crippen molar-refractivity contribution in [2.75, 3.05) is 6.54 Å². The second-order valence-electron chi connectivity index (χ2n) is 6.88. The van der Waals surface area contributed by atoms with E-state index in [9.17, 15) is 4.79 Å². The Morgan fingerprint density at radius 1 is 1.25 bits per heavy atom. The third-order valence-electron chi connectivity index (χ3n) is 2.29. The van der Waals surface area contributed by atoms with Gasteiger partial charge in [-0.3, -0.25) is 0 Å². The van der Waals surface area contributed by atoms with E-state index in [2.05, 4.69) is 44.6 Å². The van der Waals surface area contributed by atoms with E-state index in [0.29, 0.717) is 13.0 Å². The Morgan fingerprint density at radius 3 is 1.90 bits per heavy atom. The molecule has 0 rings (SSSR count). The first-order valence-corrected chi connectivity index (χ1v) is 6.63. The summed E-state index contributed by atoms with van der Waals surface area (Å²) in [4.78, 5) is 14.3. The Morgan fingerprint density at radius 2 is 1.70 bits per heavy atom. The van der Waals surface area contributed by atoms with Crippen molar-refractivity contribution in [2.24, 2.45) is 21.9 Å². The zero-order chi connectivity index (χ0) is 15.7. The summed E-state index contributed by atoms with van der Waals surface area (Å²) in [5, 5.41) is 3.21. The SMILES string of the molecule is [CH2-]C(CC(C)(C)C)C(=O)C(C)(C)C.[CH2-]CCN=[N+]=[N-].[Y]. The Bertz CT molecular complexity index is 310. The molecule has 1 atom stereocenters. The molecular formula is C15H29N3OY-2. The van der Waals surface area contributed by atoms with Crippen molar-refractivity contribution in [2.45, 2.75) is 54.4 Å². The first-order chi connectivity index (χ1) is 8.45. The first kappa shape index (κ1) is 25.1. The van der Waals surface area contributed by atoms with Gasteiger partial charge in [-0.05, 0) is 17.5 Å². The molecule has 0 aliphatic carbocycles. The maximum atomic E-state index is 11.8. The van der Waals surface area contributed by atoms with E-state index in [-0.39, 0.29) is 55.2 Å². The minimum atomic E-state index is -0.252. The topological polar surface area (TPSA) is 65.8 Å². The van der Waals surface area contributed by atoms with E-state index in [1.807, 2.05) is 20.8 Å². The van der Waals surface area contributed by atoms with Gasteiger partial charge in [0.25, 0.3) is 0 Å². The largest absolute Gasteiger partial charge is 0.343 e. The predicted octanol–water partition coefficient (Wildman–Crippen LogP) is 5.01. The smallest absolute Gasteiger partial charge is 0.111 e. The van der Waals surface area contributed by atoms with E-state index in [0.717, 1.165) is 6.42 Å². The molecule has 1 radical (unpaired) electrons. The molecule has 0 aromatic carbocycles. The van der Waals surface area contributed by atoms with Crippen LogP contribution in [0.3, 0.4) is 0 Å². The summed E-state index contributed by atoms with van der Waals surface area (Å²) in [7, 11) is 0. The van der Waals surface area contributed by atoms with Gasteiger partial charge in [-0.25, -0.2) is 0 Å². The summed E-state index contributed by atoms with van der Waals surface area (Å²) < 4.78 is 0. The van der Waals surface area contributed by atoms with Crippen LogP contribution >= 0.6 is 0 Å². The summed E-state index contributed by atoms with van der Waals surface area (Å²) in [5.74, 6) is 0.197. The van der Waals surface area contributed by atoms with Crippen molar-refractivity contribution in [3.8, 4) is 0 Å². The fraction of sp³-hybridized carbons (Fsp3) is 0.800. The van der Waals surface area contributed by atoms with Gasteiger partial charge in [-0.2, -0.15) is 6.42 Å². The van der Waals surface area contributed by atoms with E-state index < -0.39 is 0 Å². The Balaban J connectivity index is -0.000000352. The Hall–Kier alpha value is 0.0839. The van der Waals surface area contributed by atoms with Crippen LogP contribution in [-0.4, -0.2) is 12.3 Å². The molecule has 1 unspecified atom stereocenters. The molecule has 0 aromatic heterocycles. The van der Waals surface area contributed by atoms with Crippen LogP contribution in [0.1, 0.15) is 54.4 Å². The standard InChI is InChI=1S/C12H23O.C3H6N3.Y/c1-9(8-11(2,3)4)10(13)12(5,6)7;1-2-3-5-6-4;/h9H,1,8H2,2-7H3;1-3H2;/q2*-1;. The third kappa shape index (κ3) is 16.1. The maximum absolute atomic E-state index is 11.8. The van der Waals surface area contributed by atoms with E-state index in [4.69, 9.17) is 5.53 Å². The van der Waals surface area contributed by atoms with Gasteiger partial charge in [-0.15, -0.1) is 5.92 Å². The van der Waals surface area contributed by atoms with Gasteiger partial charge in [0.1, 0.15) is 5.78 Å². The number of carbonyl (C=O) groups excluding carboxylic acids is 1. The van der Waals surface area contributed by atoms with Crippen LogP contribution in [0, 0.1) is 30.6 Å². The summed E-state index contributed by atoms with van der Waals surface area (Å²) in [6.45, 7) is 20.2. The van der Waals surface area contributed by atoms with Gasteiger partial charge in [0.05, 0.1) is 0 Å². The van der Waals surface area contributed by atoms with Crippen LogP contribution in [0.5, 0.6) is 0 Å². The number of Topliss-reactive ketones (excluding diaryl/α,β-unsaturated/α-hetero) is 1. The summed E-state index contributed by atoms with van der Waals surface area (Å²) in [5.41, 5.74) is 7.56. The Kier molecular flexibility index (Phi) is 14.7. The molecule has 0 fully saturated rings. The summed E-state index contributed by atoms with van der Waals surface area (Å²) in [6, 6.07) is 0. The second kappa shape index (κ2) is 11.7. The molecule has 5 heteroatoms. The van der Waals surface area contributed by atoms with Crippen molar-refractivity contribution in [1.29, 1.82) is 0 Å². The monoisotopic (exact) mass is 356 g/mol. The van der Waals surface area contributed by atoms with Gasteiger partial charge >= 0.3 is 0 Å². The first-order valence-electron chi connectivity index (χ1n) is 6.63. The molecule has 0 N–H and O–H groups in total. The number of rotatable bonds is 4. The number of ketones is 1. The molecule has 0 heterocycles. The molecule has 0 amide bonds. The Labute approximate surface area is 150 Å². The van der Waals surface area contributed by atoms with Gasteiger partial charge in [0, 0.05) is 43.0 Å². The third-order valence-corrected chi connectivity index (χ3v) is 2.29. The van der Waals surface area contributed by atoms with E-state index >= 15 is 0 Å². The quantitative estimate of drug-likeness (QED) is 0.302. The molecule has 20 heavy (non-hydrogen) atoms. The average Bonchev–Trinajstić information content (AvgIpc) is 2.22. The van der Waals surface area contributed by atoms with Gasteiger partial charge < -0.3 is 18.6 Å². The van der Waals surface area contributed by atoms with Crippen molar-refractivity contribution < 1.29 is 37.5 Å². The molecule has 115 valence electrons. The number of carbonyl (C=O) groups is 1. The van der Waals surface area contributed by atoms with Gasteiger partial charge in [0.15, 0.2) is 0 Å². The molecule has 0 bridgehead atoms. The van der Waals surface area contributed by atoms with Crippen LogP contribution in [0.15, 0.2) is 5.11 Å². The van der Waals surface area contributed by atoms with Crippen molar-refractivity contribution in [3.63, 3.8) is 0 Å². The van der Waals surface area contributed by atoms with Crippen LogP contribution in [0.25, 0.3) is 10.4 Å². The summed E-state index contributed by atoms with van der Waals surface area (Å²) >= 11 is 0. The molecule has 0 aromatic rings. The van der Waals surface area contributed by atoms with Crippen LogP contribution in [0.2, 0.25) is 0 Å². The minimum absolute atomic E-state index is 0. The molecular weight excluding hydrogens is 327 g/mol. The molecule has 0 aliphatic rings. The molecule has 0 aliphatic heterocycles. The number of nitrogens with zero attached hydrogens (tertiary/aromatic N) is 3.